The maximum absolute atomic E-state index is 16.3. The van der Waals surface area contributed by atoms with Crippen LogP contribution in [0.4, 0.5) is 8.78 Å². The molecule has 2 aliphatic rings. The van der Waals surface area contributed by atoms with E-state index in [2.05, 4.69) is 0 Å². The van der Waals surface area contributed by atoms with E-state index in [9.17, 15) is 28.8 Å². The van der Waals surface area contributed by atoms with Gasteiger partial charge < -0.3 is 19.5 Å². The summed E-state index contributed by atoms with van der Waals surface area (Å²) in [6.07, 6.45) is -4.12. The molecule has 1 unspecified atom stereocenters. The van der Waals surface area contributed by atoms with Crippen LogP contribution in [0.1, 0.15) is 11.1 Å². The fourth-order valence-corrected chi connectivity index (χ4v) is 5.60. The molecule has 0 spiro atoms. The van der Waals surface area contributed by atoms with Crippen molar-refractivity contribution in [3.63, 3.8) is 0 Å². The number of alkyl halides is 1. The molecule has 17 heteroatoms. The highest BCUT2D eigenvalue weighted by Gasteiger charge is 2.69. The van der Waals surface area contributed by atoms with E-state index in [-0.39, 0.29) is 12.4 Å². The summed E-state index contributed by atoms with van der Waals surface area (Å²) in [7, 11) is -1.35. The molecule has 0 bridgehead atoms. The first-order chi connectivity index (χ1) is 15.6. The number of hydrogen-bond acceptors (Lipinski definition) is 9. The predicted molar refractivity (Wildman–Crippen MR) is 120 cm³/mol. The number of fused-ring (bicyclic) bond motifs is 1. The predicted octanol–water partition coefficient (Wildman–Crippen LogP) is -2.70. The number of nitrogens with one attached hydrogen (secondary N) is 1. The Morgan fingerprint density at radius 2 is 2.00 bits per heavy atom. The van der Waals surface area contributed by atoms with Crippen molar-refractivity contribution in [1.29, 1.82) is 0 Å². The lowest BCUT2D eigenvalue weighted by Crippen LogP contribution is -2.60. The fourth-order valence-electron chi connectivity index (χ4n) is 4.00. The molecule has 3 N–H and O–H groups in total. The van der Waals surface area contributed by atoms with Crippen LogP contribution in [0.15, 0.2) is 34.0 Å². The van der Waals surface area contributed by atoms with Gasteiger partial charge in [-0.1, -0.05) is 18.2 Å². The van der Waals surface area contributed by atoms with Crippen LogP contribution in [0.2, 0.25) is 0 Å². The topological polar surface area (TPSA) is 149 Å². The molecule has 4 rings (SSSR count). The SMILES string of the molecule is BC(B)(OP1(=O)OCc2cccc(C)c2O1)[C@@]1(F)O[C@@](B)(n2cc(F)c(=O)[nH]c2=O)[C@H](O)[C@@H]1O. The molecule has 34 heavy (non-hydrogen) atoms. The lowest BCUT2D eigenvalue weighted by molar-refractivity contribution is -0.240. The quantitative estimate of drug-likeness (QED) is 0.303. The van der Waals surface area contributed by atoms with E-state index in [0.29, 0.717) is 21.9 Å². The summed E-state index contributed by atoms with van der Waals surface area (Å²) < 4.78 is 65.1. The van der Waals surface area contributed by atoms with Crippen molar-refractivity contribution in [3.8, 4) is 5.75 Å². The van der Waals surface area contributed by atoms with E-state index < -0.39 is 54.0 Å². The first kappa shape index (κ1) is 24.9. The summed E-state index contributed by atoms with van der Waals surface area (Å²) in [5, 5.41) is 18.9. The number of aromatic amines is 1. The van der Waals surface area contributed by atoms with Gasteiger partial charge in [-0.15, -0.1) is 0 Å². The highest BCUT2D eigenvalue weighted by atomic mass is 31.2. The second kappa shape index (κ2) is 7.90. The molecule has 5 atom stereocenters. The van der Waals surface area contributed by atoms with Crippen LogP contribution >= 0.6 is 7.82 Å². The van der Waals surface area contributed by atoms with Gasteiger partial charge in [0.25, 0.3) is 11.4 Å². The van der Waals surface area contributed by atoms with Gasteiger partial charge in [0.1, 0.15) is 39.3 Å². The Morgan fingerprint density at radius 1 is 1.32 bits per heavy atom. The van der Waals surface area contributed by atoms with Gasteiger partial charge in [-0.25, -0.2) is 13.8 Å². The molecule has 2 aromatic rings. The third-order valence-electron chi connectivity index (χ3n) is 6.00. The summed E-state index contributed by atoms with van der Waals surface area (Å²) in [4.78, 5) is 25.3. The second-order valence-corrected chi connectivity index (χ2v) is 10.3. The minimum atomic E-state index is -4.46. The minimum Gasteiger partial charge on any atom is -0.403 e. The van der Waals surface area contributed by atoms with Crippen LogP contribution in [0.5, 0.6) is 5.75 Å². The van der Waals surface area contributed by atoms with Crippen LogP contribution in [0.25, 0.3) is 0 Å². The number of aryl methyl sites for hydroxylation is 1. The lowest BCUT2D eigenvalue weighted by Gasteiger charge is -2.41. The third-order valence-corrected chi connectivity index (χ3v) is 7.53. The average Bonchev–Trinajstić information content (AvgIpc) is 2.93. The molecule has 11 nitrogen and oxygen atoms in total. The Bertz CT molecular complexity index is 1320. The van der Waals surface area contributed by atoms with Crippen LogP contribution in [0, 0.1) is 12.7 Å². The van der Waals surface area contributed by atoms with Gasteiger partial charge in [-0.05, 0) is 12.5 Å². The van der Waals surface area contributed by atoms with E-state index in [0.717, 1.165) is 23.5 Å². The Morgan fingerprint density at radius 3 is 2.68 bits per heavy atom. The maximum atomic E-state index is 16.3. The van der Waals surface area contributed by atoms with E-state index in [1.807, 2.05) is 0 Å². The molecule has 0 saturated carbocycles. The summed E-state index contributed by atoms with van der Waals surface area (Å²) in [5.41, 5.74) is -3.77. The molecular formula is C17H20B3F2N2O9P. The Labute approximate surface area is 193 Å². The van der Waals surface area contributed by atoms with Gasteiger partial charge >= 0.3 is 13.5 Å². The number of rotatable bonds is 4. The second-order valence-electron chi connectivity index (χ2n) is 8.77. The number of para-hydroxylation sites is 1. The number of H-pyrrole nitrogens is 1. The minimum absolute atomic E-state index is 0.167. The Hall–Kier alpha value is -2.22. The number of aromatic nitrogens is 2. The molecule has 2 aliphatic heterocycles. The number of phosphoric acid groups is 1. The van der Waals surface area contributed by atoms with Gasteiger partial charge in [-0.2, -0.15) is 4.39 Å². The highest BCUT2D eigenvalue weighted by Crippen LogP contribution is 2.59. The number of phosphoric ester groups is 1. The molecule has 0 aliphatic carbocycles. The highest BCUT2D eigenvalue weighted by molar-refractivity contribution is 7.49. The van der Waals surface area contributed by atoms with Gasteiger partial charge in [0, 0.05) is 5.56 Å². The number of hydrogen-bond donors (Lipinski definition) is 3. The zero-order chi connectivity index (χ0) is 25.3. The van der Waals surface area contributed by atoms with E-state index in [4.69, 9.17) is 18.3 Å². The molecule has 1 fully saturated rings. The number of aliphatic hydroxyl groups is 2. The van der Waals surface area contributed by atoms with E-state index in [1.165, 1.54) is 0 Å². The van der Waals surface area contributed by atoms with Gasteiger partial charge in [0.2, 0.25) is 5.82 Å². The number of benzene rings is 1. The number of halogens is 2. The normalized spacial score (nSPS) is 33.3. The van der Waals surface area contributed by atoms with Crippen LogP contribution < -0.4 is 15.8 Å². The summed E-state index contributed by atoms with van der Waals surface area (Å²) in [5.74, 6) is -4.50. The largest absolute Gasteiger partial charge is 0.529 e. The van der Waals surface area contributed by atoms with Crippen molar-refractivity contribution in [2.24, 2.45) is 0 Å². The van der Waals surface area contributed by atoms with Crippen molar-refractivity contribution >= 4 is 31.4 Å². The van der Waals surface area contributed by atoms with Crippen molar-refractivity contribution in [1.82, 2.24) is 9.55 Å². The summed E-state index contributed by atoms with van der Waals surface area (Å²) >= 11 is 0. The molecule has 0 amide bonds. The lowest BCUT2D eigenvalue weighted by atomic mass is 9.59. The van der Waals surface area contributed by atoms with Gasteiger partial charge in [0.15, 0.2) is 7.85 Å². The molecule has 1 saturated heterocycles. The van der Waals surface area contributed by atoms with Gasteiger partial charge in [0.05, 0.1) is 18.2 Å². The van der Waals surface area contributed by atoms with Crippen LogP contribution in [-0.4, -0.2) is 66.8 Å². The molecule has 0 radical (unpaired) electrons. The monoisotopic (exact) mass is 498 g/mol. The molecule has 1 aromatic heterocycles. The first-order valence-electron chi connectivity index (χ1n) is 10.1. The van der Waals surface area contributed by atoms with E-state index >= 15 is 4.39 Å². The van der Waals surface area contributed by atoms with E-state index in [1.54, 1.807) is 30.1 Å². The zero-order valence-electron chi connectivity index (χ0n) is 18.6. The van der Waals surface area contributed by atoms with Crippen molar-refractivity contribution in [2.75, 3.05) is 0 Å². The van der Waals surface area contributed by atoms with Crippen molar-refractivity contribution < 1.29 is 41.9 Å². The molecular weight excluding hydrogens is 478 g/mol. The van der Waals surface area contributed by atoms with Crippen LogP contribution in [-0.2, 0) is 30.6 Å². The fraction of sp³-hybridized carbons (Fsp3) is 0.412. The smallest absolute Gasteiger partial charge is 0.403 e. The van der Waals surface area contributed by atoms with Crippen molar-refractivity contribution in [3.05, 3.63) is 62.2 Å². The first-order valence-corrected chi connectivity index (χ1v) is 11.6. The standard InChI is InChI=1S/C17H20B3F2N2O9P/c1-7-3-2-4-8-6-30-34(29,31-10(7)8)33-17(19,20)15(22)11(25)12(26)16(18,32-15)24-5-9(21)13(27)23-14(24)28/h2-5,11-12,25-26H,6,18-20H2,1H3,(H,23,27,28)/t11-,12+,15-,16-,34?/m0/s1. The Balaban J connectivity index is 1.69. The maximum Gasteiger partial charge on any atom is 0.529 e. The zero-order valence-corrected chi connectivity index (χ0v) is 19.5. The third kappa shape index (κ3) is 3.69. The summed E-state index contributed by atoms with van der Waals surface area (Å²) in [6, 6.07) is 5.12. The number of ether oxygens (including phenoxy) is 1. The van der Waals surface area contributed by atoms with Gasteiger partial charge in [-0.3, -0.25) is 23.4 Å². The number of nitrogens with zero attached hydrogens (tertiary/aromatic N) is 1. The Kier molecular flexibility index (Phi) is 5.79. The molecule has 3 heterocycles. The van der Waals surface area contributed by atoms with Crippen molar-refractivity contribution in [2.45, 2.75) is 42.6 Å². The summed E-state index contributed by atoms with van der Waals surface area (Å²) in [6.45, 7) is 1.53. The number of aliphatic hydroxyl groups excluding tert-OH is 2. The van der Waals surface area contributed by atoms with Crippen LogP contribution in [0.3, 0.4) is 0 Å². The molecule has 1 aromatic carbocycles. The molecule has 180 valence electrons. The average molecular weight is 498 g/mol.